The van der Waals surface area contributed by atoms with Crippen LogP contribution in [-0.4, -0.2) is 96.7 Å². The molecule has 0 spiro atoms. The molecule has 3 fully saturated rings. The van der Waals surface area contributed by atoms with Gasteiger partial charge in [-0.1, -0.05) is 53.5 Å². The van der Waals surface area contributed by atoms with Gasteiger partial charge in [-0.25, -0.2) is 22.0 Å². The number of aromatic hydroxyl groups is 1. The monoisotopic (exact) mass is 781 g/mol. The molecule has 4 aromatic rings. The number of hydrogen-bond acceptors (Lipinski definition) is 8. The van der Waals surface area contributed by atoms with Crippen LogP contribution in [0.5, 0.6) is 11.8 Å². The fourth-order valence-corrected chi connectivity index (χ4v) is 14.7. The number of alkyl halides is 3. The summed E-state index contributed by atoms with van der Waals surface area (Å²) in [4.78, 5) is 16.8. The Labute approximate surface area is 319 Å². The van der Waals surface area contributed by atoms with E-state index in [1.54, 1.807) is 0 Å². The third-order valence-corrected chi connectivity index (χ3v) is 18.3. The van der Waals surface area contributed by atoms with Crippen molar-refractivity contribution in [3.8, 4) is 34.5 Å². The van der Waals surface area contributed by atoms with Crippen molar-refractivity contribution >= 4 is 35.6 Å². The van der Waals surface area contributed by atoms with Gasteiger partial charge < -0.3 is 19.5 Å². The number of nitrogens with zero attached hydrogens (tertiary/aromatic N) is 5. The number of benzene rings is 2. The van der Waals surface area contributed by atoms with Gasteiger partial charge >= 0.3 is 6.01 Å². The number of phenolic OH excluding ortho intramolecular Hbond substituents is 1. The van der Waals surface area contributed by atoms with Gasteiger partial charge in [0.1, 0.15) is 56.1 Å². The van der Waals surface area contributed by atoms with Crippen LogP contribution in [0.4, 0.5) is 27.8 Å². The van der Waals surface area contributed by atoms with Crippen LogP contribution in [0.1, 0.15) is 66.4 Å². The van der Waals surface area contributed by atoms with Crippen molar-refractivity contribution in [2.24, 2.45) is 0 Å². The summed E-state index contributed by atoms with van der Waals surface area (Å²) in [6, 6.07) is 5.31. The molecule has 0 bridgehead atoms. The number of halogens is 5. The number of pyridine rings is 1. The van der Waals surface area contributed by atoms with E-state index < -0.39 is 50.5 Å². The summed E-state index contributed by atoms with van der Waals surface area (Å²) >= 11 is 0. The van der Waals surface area contributed by atoms with E-state index in [9.17, 15) is 18.3 Å². The van der Waals surface area contributed by atoms with Gasteiger partial charge in [0.2, 0.25) is 0 Å². The third kappa shape index (κ3) is 7.12. The molecule has 8 nitrogen and oxygen atoms in total. The van der Waals surface area contributed by atoms with E-state index in [1.165, 1.54) is 35.4 Å². The van der Waals surface area contributed by atoms with Gasteiger partial charge in [0.15, 0.2) is 5.82 Å². The minimum absolute atomic E-state index is 0.0191. The first-order valence-electron chi connectivity index (χ1n) is 19.1. The Morgan fingerprint density at radius 2 is 1.80 bits per heavy atom. The van der Waals surface area contributed by atoms with Crippen LogP contribution in [0, 0.1) is 23.1 Å². The molecule has 1 N–H and O–H groups in total. The molecule has 0 radical (unpaired) electrons. The lowest BCUT2D eigenvalue weighted by molar-refractivity contribution is -0.0564. The maximum atomic E-state index is 17.2. The minimum Gasteiger partial charge on any atom is -0.508 e. The zero-order valence-electron chi connectivity index (χ0n) is 32.2. The largest absolute Gasteiger partial charge is 0.508 e. The minimum atomic E-state index is -3.23. The zero-order valence-corrected chi connectivity index (χ0v) is 33.2. The number of anilines is 1. The van der Waals surface area contributed by atoms with E-state index in [2.05, 4.69) is 72.9 Å². The summed E-state index contributed by atoms with van der Waals surface area (Å²) in [7, 11) is -2.34. The van der Waals surface area contributed by atoms with E-state index in [1.807, 2.05) is 0 Å². The van der Waals surface area contributed by atoms with Gasteiger partial charge in [-0.15, -0.1) is 5.54 Å². The van der Waals surface area contributed by atoms with Crippen molar-refractivity contribution < 1.29 is 36.5 Å². The highest BCUT2D eigenvalue weighted by molar-refractivity contribution is 6.90. The number of rotatable bonds is 8. The molecule has 0 aliphatic carbocycles. The fraction of sp³-hybridized carbons (Fsp3) is 0.537. The van der Waals surface area contributed by atoms with Gasteiger partial charge in [-0.05, 0) is 59.6 Å². The van der Waals surface area contributed by atoms with E-state index in [0.29, 0.717) is 18.4 Å². The standard InChI is InChI=1S/C41H48F5N5O3Si/c1-24(2)55(25(3)4,26(5)6)15-10-30-33(43)9-8-27-16-29(52)17-31(34(27)30)36-35(44)37-32(19-47-36)38(50-13-14-53-23-41(45,46)21-50)49-39(48-37)54-22-40-11-7-12-51(40)20-28(42)18-40/h8-9,16-17,19,24-26,28,52H,7,11-14,18,20-23H2,1-6H3/t28-,40+/m1/s1. The van der Waals surface area contributed by atoms with Crippen molar-refractivity contribution in [1.82, 2.24) is 19.9 Å². The Hall–Kier alpha value is -4.06. The number of fused-ring (bicyclic) bond motifs is 3. The van der Waals surface area contributed by atoms with Crippen molar-refractivity contribution in [3.63, 3.8) is 0 Å². The lowest BCUT2D eigenvalue weighted by atomic mass is 9.95. The Morgan fingerprint density at radius 3 is 2.53 bits per heavy atom. The van der Waals surface area contributed by atoms with E-state index in [4.69, 9.17) is 9.47 Å². The smallest absolute Gasteiger partial charge is 0.319 e. The summed E-state index contributed by atoms with van der Waals surface area (Å²) in [5, 5.41) is 11.6. The van der Waals surface area contributed by atoms with E-state index in [0.717, 1.165) is 13.0 Å². The second-order valence-corrected chi connectivity index (χ2v) is 21.9. The summed E-state index contributed by atoms with van der Waals surface area (Å²) in [5.41, 5.74) is 3.43. The average Bonchev–Trinajstić information content (AvgIpc) is 3.57. The van der Waals surface area contributed by atoms with E-state index >= 15 is 8.78 Å². The first-order chi connectivity index (χ1) is 26.0. The maximum absolute atomic E-state index is 17.2. The van der Waals surface area contributed by atoms with Crippen LogP contribution >= 0.6 is 0 Å². The predicted molar refractivity (Wildman–Crippen MR) is 206 cm³/mol. The average molecular weight is 782 g/mol. The third-order valence-electron chi connectivity index (χ3n) is 12.0. The van der Waals surface area contributed by atoms with Gasteiger partial charge in [0.25, 0.3) is 5.92 Å². The Balaban J connectivity index is 1.41. The van der Waals surface area contributed by atoms with Gasteiger partial charge in [0, 0.05) is 36.7 Å². The molecule has 55 heavy (non-hydrogen) atoms. The molecule has 14 heteroatoms. The van der Waals surface area contributed by atoms with Crippen molar-refractivity contribution in [1.29, 1.82) is 0 Å². The quantitative estimate of drug-likeness (QED) is 0.108. The molecule has 5 heterocycles. The molecule has 3 aliphatic heterocycles. The highest BCUT2D eigenvalue weighted by Gasteiger charge is 2.49. The predicted octanol–water partition coefficient (Wildman–Crippen LogP) is 8.83. The summed E-state index contributed by atoms with van der Waals surface area (Å²) in [6.45, 7) is 12.4. The molecule has 7 rings (SSSR count). The van der Waals surface area contributed by atoms with Crippen LogP contribution < -0.4 is 9.64 Å². The highest BCUT2D eigenvalue weighted by atomic mass is 28.3. The maximum Gasteiger partial charge on any atom is 0.319 e. The molecule has 3 saturated heterocycles. The van der Waals surface area contributed by atoms with Crippen LogP contribution in [0.15, 0.2) is 30.5 Å². The number of phenols is 1. The Kier molecular flexibility index (Phi) is 10.5. The molecular weight excluding hydrogens is 734 g/mol. The molecule has 3 aliphatic rings. The zero-order chi connectivity index (χ0) is 39.4. The van der Waals surface area contributed by atoms with Gasteiger partial charge in [-0.3, -0.25) is 9.88 Å². The van der Waals surface area contributed by atoms with Crippen LogP contribution in [0.3, 0.4) is 0 Å². The second kappa shape index (κ2) is 14.8. The molecule has 0 saturated carbocycles. The topological polar surface area (TPSA) is 83.8 Å². The van der Waals surface area contributed by atoms with Crippen molar-refractivity contribution in [2.75, 3.05) is 50.9 Å². The molecular formula is C41H48F5N5O3Si. The SMILES string of the molecule is CC(C)[Si](C#Cc1c(F)ccc2cc(O)cc(-c3ncc4c(N5CCOCC(F)(F)C5)nc(OC[C@@]56CCCN5C[C@H](F)C6)nc4c3F)c12)(C(C)C)C(C)C. The van der Waals surface area contributed by atoms with Crippen LogP contribution in [0.25, 0.3) is 32.9 Å². The highest BCUT2D eigenvalue weighted by Crippen LogP contribution is 2.44. The van der Waals surface area contributed by atoms with Crippen LogP contribution in [-0.2, 0) is 4.74 Å². The fourth-order valence-electron chi connectivity index (χ4n) is 9.48. The number of aromatic nitrogens is 3. The van der Waals surface area contributed by atoms with Crippen LogP contribution in [0.2, 0.25) is 16.6 Å². The Bertz CT molecular complexity index is 2150. The van der Waals surface area contributed by atoms with Gasteiger partial charge in [-0.2, -0.15) is 9.97 Å². The molecule has 2 atom stereocenters. The lowest BCUT2D eigenvalue weighted by Crippen LogP contribution is -2.43. The number of ether oxygens (including phenoxy) is 2. The molecule has 2 aromatic heterocycles. The van der Waals surface area contributed by atoms with Gasteiger partial charge in [0.05, 0.1) is 29.6 Å². The molecule has 2 aromatic carbocycles. The summed E-state index contributed by atoms with van der Waals surface area (Å²) in [5.74, 6) is -1.79. The first kappa shape index (κ1) is 39.2. The molecule has 294 valence electrons. The normalized spacial score (nSPS) is 21.8. The first-order valence-corrected chi connectivity index (χ1v) is 21.4. The second-order valence-electron chi connectivity index (χ2n) is 16.4. The summed E-state index contributed by atoms with van der Waals surface area (Å²) < 4.78 is 88.9. The molecule has 0 amide bonds. The molecule has 0 unspecified atom stereocenters. The van der Waals surface area contributed by atoms with Crippen molar-refractivity contribution in [3.05, 3.63) is 47.7 Å². The van der Waals surface area contributed by atoms with E-state index in [-0.39, 0.29) is 93.5 Å². The number of hydrogen-bond donors (Lipinski definition) is 1. The Morgan fingerprint density at radius 1 is 1.05 bits per heavy atom. The lowest BCUT2D eigenvalue weighted by Gasteiger charge is -2.38. The summed E-state index contributed by atoms with van der Waals surface area (Å²) in [6.07, 6.45) is 2.12. The van der Waals surface area contributed by atoms with Crippen molar-refractivity contribution in [2.45, 2.75) is 95.1 Å².